The van der Waals surface area contributed by atoms with Gasteiger partial charge in [-0.1, -0.05) is 12.1 Å². The zero-order valence-electron chi connectivity index (χ0n) is 13.5. The summed E-state index contributed by atoms with van der Waals surface area (Å²) in [7, 11) is 3.21. The number of hydrogen-bond donors (Lipinski definition) is 1. The third kappa shape index (κ3) is 2.79. The molecule has 1 aliphatic carbocycles. The molecule has 1 heterocycles. The van der Waals surface area contributed by atoms with E-state index in [0.29, 0.717) is 24.5 Å². The summed E-state index contributed by atoms with van der Waals surface area (Å²) in [6.45, 7) is 0.535. The molecule has 1 amide bonds. The molecule has 1 aromatic rings. The summed E-state index contributed by atoms with van der Waals surface area (Å²) in [5.74, 6) is 0.998. The van der Waals surface area contributed by atoms with Crippen LogP contribution in [0, 0.1) is 0 Å². The average Bonchev–Trinajstić information content (AvgIpc) is 2.84. The maximum Gasteiger partial charge on any atom is 0.293 e. The number of nitrogens with zero attached hydrogens (tertiary/aromatic N) is 1. The Morgan fingerprint density at radius 1 is 1.22 bits per heavy atom. The van der Waals surface area contributed by atoms with Gasteiger partial charge in [-0.05, 0) is 43.4 Å². The van der Waals surface area contributed by atoms with Gasteiger partial charge in [-0.2, -0.15) is 0 Å². The molecule has 0 radical (unpaired) electrons. The van der Waals surface area contributed by atoms with E-state index in [4.69, 9.17) is 9.47 Å². The fourth-order valence-corrected chi connectivity index (χ4v) is 3.15. The topological polar surface area (TPSA) is 59.0 Å². The van der Waals surface area contributed by atoms with Crippen molar-refractivity contribution in [2.24, 2.45) is 0 Å². The number of carbonyl (C=O) groups excluding carboxylic acids is 1. The van der Waals surface area contributed by atoms with Gasteiger partial charge in [0, 0.05) is 17.8 Å². The lowest BCUT2D eigenvalue weighted by Crippen LogP contribution is -2.28. The molecule has 0 bridgehead atoms. The standard InChI is InChI=1S/C18H21NO4/c1-22-15-8-7-12(11-16(15)23-2)9-10-19-14-6-4-3-5-13(14)17(20)18(19)21/h6-8,11,20H,3-5,9-10H2,1-2H3. The lowest BCUT2D eigenvalue weighted by Gasteiger charge is -2.22. The Hall–Kier alpha value is -2.43. The highest BCUT2D eigenvalue weighted by Crippen LogP contribution is 2.35. The SMILES string of the molecule is COc1ccc(CCN2C(=O)C(O)=C3CCCC=C32)cc1OC. The van der Waals surface area contributed by atoms with Gasteiger partial charge in [0.15, 0.2) is 17.3 Å². The number of methoxy groups -OCH3 is 2. The van der Waals surface area contributed by atoms with Crippen LogP contribution < -0.4 is 9.47 Å². The number of fused-ring (bicyclic) bond motifs is 1. The van der Waals surface area contributed by atoms with Crippen LogP contribution >= 0.6 is 0 Å². The molecule has 1 N–H and O–H groups in total. The molecule has 3 rings (SSSR count). The third-order valence-corrected chi connectivity index (χ3v) is 4.37. The molecule has 5 heteroatoms. The summed E-state index contributed by atoms with van der Waals surface area (Å²) in [5.41, 5.74) is 2.74. The molecule has 0 aromatic heterocycles. The summed E-state index contributed by atoms with van der Waals surface area (Å²) in [6.07, 6.45) is 5.45. The summed E-state index contributed by atoms with van der Waals surface area (Å²) < 4.78 is 10.5. The fourth-order valence-electron chi connectivity index (χ4n) is 3.15. The van der Waals surface area contributed by atoms with E-state index in [-0.39, 0.29) is 11.7 Å². The van der Waals surface area contributed by atoms with Crippen LogP contribution in [0.1, 0.15) is 24.8 Å². The number of aliphatic hydroxyl groups excluding tert-OH is 1. The van der Waals surface area contributed by atoms with Crippen LogP contribution in [0.25, 0.3) is 0 Å². The Labute approximate surface area is 135 Å². The van der Waals surface area contributed by atoms with Crippen molar-refractivity contribution in [3.05, 3.63) is 46.9 Å². The van der Waals surface area contributed by atoms with E-state index in [0.717, 1.165) is 36.1 Å². The second-order valence-corrected chi connectivity index (χ2v) is 5.70. The summed E-state index contributed by atoms with van der Waals surface area (Å²) in [6, 6.07) is 5.75. The molecule has 0 saturated heterocycles. The molecule has 0 spiro atoms. The van der Waals surface area contributed by atoms with Crippen molar-refractivity contribution in [2.45, 2.75) is 25.7 Å². The Morgan fingerprint density at radius 2 is 2.00 bits per heavy atom. The van der Waals surface area contributed by atoms with Crippen LogP contribution in [0.5, 0.6) is 11.5 Å². The van der Waals surface area contributed by atoms with Gasteiger partial charge in [-0.15, -0.1) is 0 Å². The van der Waals surface area contributed by atoms with Crippen LogP contribution in [0.3, 0.4) is 0 Å². The fraction of sp³-hybridized carbons (Fsp3) is 0.389. The van der Waals surface area contributed by atoms with Gasteiger partial charge in [-0.25, -0.2) is 0 Å². The highest BCUT2D eigenvalue weighted by Gasteiger charge is 2.35. The summed E-state index contributed by atoms with van der Waals surface area (Å²) >= 11 is 0. The van der Waals surface area contributed by atoms with Crippen molar-refractivity contribution in [3.63, 3.8) is 0 Å². The lowest BCUT2D eigenvalue weighted by atomic mass is 9.99. The van der Waals surface area contributed by atoms with E-state index in [1.165, 1.54) is 0 Å². The number of amides is 1. The zero-order valence-corrected chi connectivity index (χ0v) is 13.5. The first-order chi connectivity index (χ1) is 11.2. The molecule has 122 valence electrons. The van der Waals surface area contributed by atoms with Crippen LogP contribution in [-0.2, 0) is 11.2 Å². The van der Waals surface area contributed by atoms with Gasteiger partial charge in [0.1, 0.15) is 0 Å². The van der Waals surface area contributed by atoms with E-state index in [1.54, 1.807) is 19.1 Å². The van der Waals surface area contributed by atoms with Crippen LogP contribution in [0.2, 0.25) is 0 Å². The maximum absolute atomic E-state index is 12.2. The monoisotopic (exact) mass is 315 g/mol. The Bertz CT molecular complexity index is 690. The van der Waals surface area contributed by atoms with Crippen molar-refractivity contribution in [3.8, 4) is 11.5 Å². The second-order valence-electron chi connectivity index (χ2n) is 5.70. The number of hydrogen-bond acceptors (Lipinski definition) is 4. The van der Waals surface area contributed by atoms with Crippen molar-refractivity contribution < 1.29 is 19.4 Å². The van der Waals surface area contributed by atoms with E-state index >= 15 is 0 Å². The smallest absolute Gasteiger partial charge is 0.293 e. The highest BCUT2D eigenvalue weighted by atomic mass is 16.5. The molecule has 1 aromatic carbocycles. The number of ether oxygens (including phenoxy) is 2. The minimum atomic E-state index is -0.284. The summed E-state index contributed by atoms with van der Waals surface area (Å²) in [5, 5.41) is 10.0. The van der Waals surface area contributed by atoms with Gasteiger partial charge in [0.2, 0.25) is 0 Å². The number of rotatable bonds is 5. The predicted octanol–water partition coefficient (Wildman–Crippen LogP) is 2.97. The molecule has 0 unspecified atom stereocenters. The zero-order chi connectivity index (χ0) is 16.4. The highest BCUT2D eigenvalue weighted by molar-refractivity contribution is 5.98. The molecule has 2 aliphatic rings. The number of carbonyl (C=O) groups is 1. The third-order valence-electron chi connectivity index (χ3n) is 4.37. The van der Waals surface area contributed by atoms with E-state index in [1.807, 2.05) is 18.2 Å². The van der Waals surface area contributed by atoms with Crippen molar-refractivity contribution in [2.75, 3.05) is 20.8 Å². The van der Waals surface area contributed by atoms with Gasteiger partial charge >= 0.3 is 0 Å². The second kappa shape index (κ2) is 6.36. The Morgan fingerprint density at radius 3 is 2.74 bits per heavy atom. The van der Waals surface area contributed by atoms with Crippen molar-refractivity contribution >= 4 is 5.91 Å². The quantitative estimate of drug-likeness (QED) is 0.907. The minimum Gasteiger partial charge on any atom is -0.503 e. The molecular formula is C18H21NO4. The van der Waals surface area contributed by atoms with Crippen LogP contribution in [-0.4, -0.2) is 36.7 Å². The molecule has 0 atom stereocenters. The average molecular weight is 315 g/mol. The Balaban J connectivity index is 1.74. The van der Waals surface area contributed by atoms with Crippen LogP contribution in [0.15, 0.2) is 41.3 Å². The number of aliphatic hydroxyl groups is 1. The molecular weight excluding hydrogens is 294 g/mol. The van der Waals surface area contributed by atoms with Gasteiger partial charge in [0.05, 0.1) is 14.2 Å². The molecule has 23 heavy (non-hydrogen) atoms. The first-order valence-corrected chi connectivity index (χ1v) is 7.81. The largest absolute Gasteiger partial charge is 0.503 e. The van der Waals surface area contributed by atoms with Crippen molar-refractivity contribution in [1.29, 1.82) is 0 Å². The first-order valence-electron chi connectivity index (χ1n) is 7.81. The van der Waals surface area contributed by atoms with E-state index < -0.39 is 0 Å². The van der Waals surface area contributed by atoms with E-state index in [9.17, 15) is 9.90 Å². The minimum absolute atomic E-state index is 0.0803. The van der Waals surface area contributed by atoms with Gasteiger partial charge < -0.3 is 19.5 Å². The van der Waals surface area contributed by atoms with Crippen molar-refractivity contribution in [1.82, 2.24) is 4.90 Å². The lowest BCUT2D eigenvalue weighted by molar-refractivity contribution is -0.126. The van der Waals surface area contributed by atoms with Gasteiger partial charge in [0.25, 0.3) is 5.91 Å². The number of allylic oxidation sites excluding steroid dienone is 2. The van der Waals surface area contributed by atoms with Crippen LogP contribution in [0.4, 0.5) is 0 Å². The Kier molecular flexibility index (Phi) is 4.28. The summed E-state index contributed by atoms with van der Waals surface area (Å²) in [4.78, 5) is 13.9. The van der Waals surface area contributed by atoms with Gasteiger partial charge in [-0.3, -0.25) is 4.79 Å². The van der Waals surface area contributed by atoms with E-state index in [2.05, 4.69) is 6.08 Å². The molecule has 0 fully saturated rings. The maximum atomic E-state index is 12.2. The normalized spacial score (nSPS) is 17.2. The predicted molar refractivity (Wildman–Crippen MR) is 86.6 cm³/mol. The molecule has 1 aliphatic heterocycles. The molecule has 5 nitrogen and oxygen atoms in total. The first kappa shape index (κ1) is 15.5. The molecule has 0 saturated carbocycles. The number of benzene rings is 1.